The van der Waals surface area contributed by atoms with Gasteiger partial charge in [0.1, 0.15) is 19.2 Å². The van der Waals surface area contributed by atoms with Crippen LogP contribution in [0.5, 0.6) is 0 Å². The van der Waals surface area contributed by atoms with E-state index in [0.717, 1.165) is 16.7 Å². The first-order valence-electron chi connectivity index (χ1n) is 18.6. The largest absolute Gasteiger partial charge is 0.469 e. The molecule has 0 aromatic heterocycles. The van der Waals surface area contributed by atoms with Crippen LogP contribution in [-0.2, 0) is 50.9 Å². The number of benzene rings is 4. The molecule has 320 valence electrons. The molecule has 0 heterocycles. The van der Waals surface area contributed by atoms with E-state index in [9.17, 15) is 28.8 Å². The molecule has 0 aliphatic rings. The Kier molecular flexibility index (Phi) is 16.9. The number of nitrogens with one attached hydrogen (secondary N) is 4. The molecular formula is C43H46N6O12. The molecule has 0 bridgehead atoms. The van der Waals surface area contributed by atoms with Crippen molar-refractivity contribution in [3.05, 3.63) is 106 Å². The van der Waals surface area contributed by atoms with E-state index in [0.29, 0.717) is 45.1 Å². The maximum Gasteiger partial charge on any atom is 0.412 e. The summed E-state index contributed by atoms with van der Waals surface area (Å²) in [7, 11) is 3.76. The van der Waals surface area contributed by atoms with Crippen molar-refractivity contribution in [2.24, 2.45) is 9.98 Å². The van der Waals surface area contributed by atoms with Crippen LogP contribution >= 0.6 is 0 Å². The number of carbonyl (C=O) groups excluding carboxylic acids is 6. The predicted molar refractivity (Wildman–Crippen MR) is 225 cm³/mol. The van der Waals surface area contributed by atoms with Crippen LogP contribution in [0.4, 0.5) is 53.3 Å². The van der Waals surface area contributed by atoms with E-state index in [1.165, 1.54) is 27.4 Å². The van der Waals surface area contributed by atoms with Crippen molar-refractivity contribution in [2.75, 3.05) is 55.8 Å². The van der Waals surface area contributed by atoms with E-state index in [4.69, 9.17) is 18.9 Å². The van der Waals surface area contributed by atoms with Gasteiger partial charge in [0.05, 0.1) is 45.5 Å². The molecule has 4 amide bonds. The zero-order valence-corrected chi connectivity index (χ0v) is 34.6. The van der Waals surface area contributed by atoms with Crippen LogP contribution in [-0.4, -0.2) is 83.0 Å². The summed E-state index contributed by atoms with van der Waals surface area (Å²) in [6, 6.07) is 22.6. The van der Waals surface area contributed by atoms with Crippen LogP contribution in [0.3, 0.4) is 0 Å². The minimum Gasteiger partial charge on any atom is -0.469 e. The van der Waals surface area contributed by atoms with E-state index < -0.39 is 49.7 Å². The molecule has 1 atom stereocenters. The van der Waals surface area contributed by atoms with Crippen LogP contribution in [0, 0.1) is 27.7 Å². The highest BCUT2D eigenvalue weighted by atomic mass is 16.6. The van der Waals surface area contributed by atoms with Crippen LogP contribution in [0.15, 0.2) is 82.8 Å². The number of ether oxygens (including phenoxy) is 6. The molecular weight excluding hydrogens is 793 g/mol. The Morgan fingerprint density at radius 2 is 1.08 bits per heavy atom. The minimum absolute atomic E-state index is 0.0939. The van der Waals surface area contributed by atoms with Gasteiger partial charge in [-0.1, -0.05) is 30.3 Å². The number of amides is 4. The third-order valence-electron chi connectivity index (χ3n) is 8.79. The third-order valence-corrected chi connectivity index (χ3v) is 8.79. The number of hydrogen-bond acceptors (Lipinski definition) is 14. The monoisotopic (exact) mass is 838 g/mol. The van der Waals surface area contributed by atoms with E-state index in [1.54, 1.807) is 81.4 Å². The molecule has 0 spiro atoms. The van der Waals surface area contributed by atoms with Crippen molar-refractivity contribution in [2.45, 2.75) is 46.6 Å². The molecule has 4 aromatic rings. The highest BCUT2D eigenvalue weighted by molar-refractivity contribution is 5.90. The lowest BCUT2D eigenvalue weighted by atomic mass is 10.1. The number of methoxy groups -OCH3 is 3. The van der Waals surface area contributed by atoms with Crippen LogP contribution in [0.25, 0.3) is 0 Å². The molecule has 61 heavy (non-hydrogen) atoms. The SMILES string of the molecule is COC(=O)Cc1cc(N=C=Nc2ccc(C)c(NC(=O)OCC(COC(=O)Cc3ccc(C)c(NC(=O)OC)c3)OC(=O)Nc3ccc(C)c(NC(=O)OC)c3)c2)ccc1C. The molecule has 4 aromatic carbocycles. The smallest absolute Gasteiger partial charge is 0.412 e. The van der Waals surface area contributed by atoms with E-state index in [2.05, 4.69) is 46.7 Å². The van der Waals surface area contributed by atoms with Gasteiger partial charge < -0.3 is 28.4 Å². The fraction of sp³-hybridized carbons (Fsp3) is 0.279. The summed E-state index contributed by atoms with van der Waals surface area (Å²) in [6.07, 6.45) is -4.69. The minimum atomic E-state index is -1.29. The molecule has 4 rings (SSSR count). The Morgan fingerprint density at radius 1 is 0.541 bits per heavy atom. The molecule has 18 heteroatoms. The van der Waals surface area contributed by atoms with Gasteiger partial charge in [-0.2, -0.15) is 9.98 Å². The Balaban J connectivity index is 1.44. The van der Waals surface area contributed by atoms with Gasteiger partial charge in [0.15, 0.2) is 6.10 Å². The average molecular weight is 839 g/mol. The van der Waals surface area contributed by atoms with Crippen LogP contribution in [0.2, 0.25) is 0 Å². The lowest BCUT2D eigenvalue weighted by Gasteiger charge is -2.19. The predicted octanol–water partition coefficient (Wildman–Crippen LogP) is 8.08. The van der Waals surface area contributed by atoms with Gasteiger partial charge in [0.2, 0.25) is 0 Å². The molecule has 0 saturated heterocycles. The molecule has 0 saturated carbocycles. The maximum absolute atomic E-state index is 13.1. The number of rotatable bonds is 15. The third kappa shape index (κ3) is 14.9. The highest BCUT2D eigenvalue weighted by Crippen LogP contribution is 2.24. The molecule has 0 fully saturated rings. The summed E-state index contributed by atoms with van der Waals surface area (Å²) in [5.41, 5.74) is 6.57. The summed E-state index contributed by atoms with van der Waals surface area (Å²) in [5, 5.41) is 10.3. The zero-order valence-electron chi connectivity index (χ0n) is 34.6. The van der Waals surface area contributed by atoms with Crippen LogP contribution in [0.1, 0.15) is 33.4 Å². The fourth-order valence-electron chi connectivity index (χ4n) is 5.30. The van der Waals surface area contributed by atoms with Crippen molar-refractivity contribution in [1.29, 1.82) is 0 Å². The lowest BCUT2D eigenvalue weighted by Crippen LogP contribution is -2.33. The van der Waals surface area contributed by atoms with Crippen LogP contribution < -0.4 is 21.3 Å². The first-order valence-corrected chi connectivity index (χ1v) is 18.6. The number of hydrogen-bond donors (Lipinski definition) is 4. The van der Waals surface area contributed by atoms with Gasteiger partial charge in [-0.25, -0.2) is 19.2 Å². The molecule has 0 radical (unpaired) electrons. The van der Waals surface area contributed by atoms with Crippen molar-refractivity contribution < 1.29 is 57.2 Å². The van der Waals surface area contributed by atoms with Gasteiger partial charge >= 0.3 is 36.3 Å². The fourth-order valence-corrected chi connectivity index (χ4v) is 5.30. The van der Waals surface area contributed by atoms with Crippen molar-refractivity contribution in [3.63, 3.8) is 0 Å². The van der Waals surface area contributed by atoms with Crippen molar-refractivity contribution >= 4 is 76.4 Å². The van der Waals surface area contributed by atoms with Crippen molar-refractivity contribution in [1.82, 2.24) is 0 Å². The number of anilines is 4. The van der Waals surface area contributed by atoms with Gasteiger partial charge in [0.25, 0.3) is 0 Å². The van der Waals surface area contributed by atoms with E-state index in [1.807, 2.05) is 13.0 Å². The molecule has 18 nitrogen and oxygen atoms in total. The quantitative estimate of drug-likeness (QED) is 0.0506. The Bertz CT molecular complexity index is 2340. The maximum atomic E-state index is 13.1. The first-order chi connectivity index (χ1) is 29.1. The molecule has 1 unspecified atom stereocenters. The second-order valence-corrected chi connectivity index (χ2v) is 13.3. The summed E-state index contributed by atoms with van der Waals surface area (Å²) >= 11 is 0. The van der Waals surface area contributed by atoms with Gasteiger partial charge in [0, 0.05) is 22.7 Å². The number of nitrogens with zero attached hydrogens (tertiary/aromatic N) is 2. The number of esters is 2. The lowest BCUT2D eigenvalue weighted by molar-refractivity contribution is -0.146. The standard InChI is InChI=1S/C43H46N6O12/c1-25-9-13-31(18-30(25)19-38(50)56-5)44-24-45-32-14-10-27(3)36(20-32)49-42(54)60-23-34(61-43(55)46-33-15-11-28(4)37(21-33)48-41(53)58-7)22-59-39(51)17-29-12-8-26(2)35(16-29)47-40(52)57-6/h8-16,18,20-21,34H,17,19,22-23H2,1-7H3,(H,46,55)(H,47,52)(H,48,53)(H,49,54). The van der Waals surface area contributed by atoms with Gasteiger partial charge in [-0.05, 0) is 104 Å². The first kappa shape index (κ1) is 46.0. The van der Waals surface area contributed by atoms with E-state index >= 15 is 0 Å². The molecule has 4 N–H and O–H groups in total. The summed E-state index contributed by atoms with van der Waals surface area (Å²) in [6.45, 7) is 6.09. The summed E-state index contributed by atoms with van der Waals surface area (Å²) < 4.78 is 30.4. The Morgan fingerprint density at radius 3 is 1.72 bits per heavy atom. The van der Waals surface area contributed by atoms with Gasteiger partial charge in [-0.3, -0.25) is 30.9 Å². The number of aliphatic imine (C=N–C) groups is 2. The van der Waals surface area contributed by atoms with E-state index in [-0.39, 0.29) is 24.5 Å². The normalized spacial score (nSPS) is 10.7. The van der Waals surface area contributed by atoms with Gasteiger partial charge in [-0.15, -0.1) is 0 Å². The average Bonchev–Trinajstić information content (AvgIpc) is 3.23. The topological polar surface area (TPSA) is 231 Å². The second kappa shape index (κ2) is 22.4. The number of aryl methyl sites for hydroxylation is 4. The van der Waals surface area contributed by atoms with Crippen molar-refractivity contribution in [3.8, 4) is 0 Å². The molecule has 0 aliphatic carbocycles. The second-order valence-electron chi connectivity index (χ2n) is 13.3. The summed E-state index contributed by atoms with van der Waals surface area (Å²) in [5.74, 6) is -1.08. The summed E-state index contributed by atoms with van der Waals surface area (Å²) in [4.78, 5) is 82.9. The Hall–Kier alpha value is -7.72. The number of carbonyl (C=O) groups is 6. The zero-order chi connectivity index (χ0) is 44.5. The molecule has 0 aliphatic heterocycles. The highest BCUT2D eigenvalue weighted by Gasteiger charge is 2.21. The Labute approximate surface area is 351 Å².